The van der Waals surface area contributed by atoms with Crippen molar-refractivity contribution in [3.05, 3.63) is 12.2 Å². The summed E-state index contributed by atoms with van der Waals surface area (Å²) in [5.74, 6) is -1.21. The number of carbonyl (C=O) groups is 2. The summed E-state index contributed by atoms with van der Waals surface area (Å²) in [6.45, 7) is 8.28. The number of ether oxygens (including phenoxy) is 2. The average molecular weight is 293 g/mol. The van der Waals surface area contributed by atoms with E-state index >= 15 is 0 Å². The summed E-state index contributed by atoms with van der Waals surface area (Å²) in [5.41, 5.74) is -0.619. The molecule has 0 N–H and O–H groups in total. The van der Waals surface area contributed by atoms with E-state index in [0.29, 0.717) is 6.54 Å². The molecular formula is C16H23NO4. The minimum absolute atomic E-state index is 0.0295. The molecule has 3 rings (SSSR count). The molecule has 1 spiro atoms. The van der Waals surface area contributed by atoms with E-state index in [-0.39, 0.29) is 30.1 Å². The topological polar surface area (TPSA) is 55.8 Å². The first-order chi connectivity index (χ1) is 9.89. The number of carbonyl (C=O) groups excluding carboxylic acids is 2. The Balaban J connectivity index is 1.88. The minimum atomic E-state index is -0.619. The Morgan fingerprint density at radius 3 is 2.86 bits per heavy atom. The molecule has 0 radical (unpaired) electrons. The van der Waals surface area contributed by atoms with Crippen LogP contribution in [0.25, 0.3) is 0 Å². The average Bonchev–Trinajstić information content (AvgIpc) is 3.05. The monoisotopic (exact) mass is 293 g/mol. The Bertz CT molecular complexity index is 501. The lowest BCUT2D eigenvalue weighted by Crippen LogP contribution is -2.41. The maximum absolute atomic E-state index is 12.8. The van der Waals surface area contributed by atoms with Gasteiger partial charge in [-0.1, -0.05) is 19.1 Å². The zero-order valence-electron chi connectivity index (χ0n) is 13.0. The van der Waals surface area contributed by atoms with Crippen LogP contribution in [0.15, 0.2) is 12.2 Å². The molecule has 3 heterocycles. The molecule has 0 unspecified atom stereocenters. The van der Waals surface area contributed by atoms with Gasteiger partial charge >= 0.3 is 5.97 Å². The van der Waals surface area contributed by atoms with E-state index in [1.807, 2.05) is 37.8 Å². The van der Waals surface area contributed by atoms with E-state index in [1.54, 1.807) is 0 Å². The lowest BCUT2D eigenvalue weighted by molar-refractivity contribution is -0.157. The Kier molecular flexibility index (Phi) is 3.35. The molecule has 2 bridgehead atoms. The predicted molar refractivity (Wildman–Crippen MR) is 76.4 cm³/mol. The van der Waals surface area contributed by atoms with E-state index < -0.39 is 17.4 Å². The number of hydrogen-bond donors (Lipinski definition) is 0. The smallest absolute Gasteiger partial charge is 0.313 e. The molecule has 2 saturated heterocycles. The molecule has 0 aromatic carbocycles. The summed E-state index contributed by atoms with van der Waals surface area (Å²) in [6, 6.07) is 0.162. The summed E-state index contributed by atoms with van der Waals surface area (Å²) in [7, 11) is 0. The van der Waals surface area contributed by atoms with E-state index in [0.717, 1.165) is 6.42 Å². The number of amides is 1. The summed E-state index contributed by atoms with van der Waals surface area (Å²) < 4.78 is 11.4. The first-order valence-corrected chi connectivity index (χ1v) is 7.77. The summed E-state index contributed by atoms with van der Waals surface area (Å²) in [4.78, 5) is 27.0. The van der Waals surface area contributed by atoms with Crippen molar-refractivity contribution in [3.8, 4) is 0 Å². The summed E-state index contributed by atoms with van der Waals surface area (Å²) in [6.07, 6.45) is 4.28. The van der Waals surface area contributed by atoms with Crippen LogP contribution in [0.3, 0.4) is 0 Å². The van der Waals surface area contributed by atoms with Crippen LogP contribution in [0.5, 0.6) is 0 Å². The fourth-order valence-corrected chi connectivity index (χ4v) is 3.70. The van der Waals surface area contributed by atoms with Crippen molar-refractivity contribution in [1.82, 2.24) is 4.90 Å². The van der Waals surface area contributed by atoms with Gasteiger partial charge in [-0.05, 0) is 27.2 Å². The number of esters is 1. The molecular weight excluding hydrogens is 270 g/mol. The lowest BCUT2D eigenvalue weighted by atomic mass is 9.77. The van der Waals surface area contributed by atoms with Crippen molar-refractivity contribution in [1.29, 1.82) is 0 Å². The Labute approximate surface area is 125 Å². The van der Waals surface area contributed by atoms with Gasteiger partial charge < -0.3 is 14.4 Å². The van der Waals surface area contributed by atoms with Gasteiger partial charge in [-0.15, -0.1) is 0 Å². The third kappa shape index (κ3) is 2.01. The molecule has 2 fully saturated rings. The second-order valence-corrected chi connectivity index (χ2v) is 6.61. The molecule has 21 heavy (non-hydrogen) atoms. The molecule has 0 aliphatic carbocycles. The van der Waals surface area contributed by atoms with E-state index in [4.69, 9.17) is 9.47 Å². The zero-order valence-corrected chi connectivity index (χ0v) is 13.0. The van der Waals surface area contributed by atoms with Crippen molar-refractivity contribution in [2.75, 3.05) is 6.54 Å². The molecule has 3 aliphatic heterocycles. The number of nitrogens with zero attached hydrogens (tertiary/aromatic N) is 1. The summed E-state index contributed by atoms with van der Waals surface area (Å²) >= 11 is 0. The van der Waals surface area contributed by atoms with Crippen molar-refractivity contribution >= 4 is 11.9 Å². The largest absolute Gasteiger partial charge is 0.463 e. The standard InChI is InChI=1S/C16H23NO4/c1-5-10(4)17-8-16-7-6-11(21-16)12(13(16)14(17)18)15(19)20-9(2)3/h6-7,9-13H,5,8H2,1-4H3/t10-,11+,12+,13-,16-/m1/s1. The Morgan fingerprint density at radius 1 is 1.52 bits per heavy atom. The van der Waals surface area contributed by atoms with Crippen LogP contribution in [-0.2, 0) is 19.1 Å². The first kappa shape index (κ1) is 14.6. The predicted octanol–water partition coefficient (Wildman–Crippen LogP) is 1.52. The van der Waals surface area contributed by atoms with Gasteiger partial charge in [0, 0.05) is 6.04 Å². The normalized spacial score (nSPS) is 38.2. The van der Waals surface area contributed by atoms with Crippen molar-refractivity contribution < 1.29 is 19.1 Å². The molecule has 0 aromatic rings. The fraction of sp³-hybridized carbons (Fsp3) is 0.750. The third-order valence-corrected chi connectivity index (χ3v) is 4.88. The number of hydrogen-bond acceptors (Lipinski definition) is 4. The quantitative estimate of drug-likeness (QED) is 0.582. The van der Waals surface area contributed by atoms with Gasteiger partial charge in [-0.3, -0.25) is 9.59 Å². The SMILES string of the molecule is CC[C@@H](C)N1C[C@@]23C=C[C@H](O2)[C@H](C(=O)OC(C)C)[C@@H]3C1=O. The van der Waals surface area contributed by atoms with Crippen LogP contribution in [-0.4, -0.2) is 47.2 Å². The van der Waals surface area contributed by atoms with Crippen molar-refractivity contribution in [3.63, 3.8) is 0 Å². The highest BCUT2D eigenvalue weighted by Crippen LogP contribution is 2.52. The van der Waals surface area contributed by atoms with Crippen molar-refractivity contribution in [2.45, 2.75) is 58.0 Å². The number of likely N-dealkylation sites (tertiary alicyclic amines) is 1. The van der Waals surface area contributed by atoms with E-state index in [2.05, 4.69) is 6.92 Å². The van der Waals surface area contributed by atoms with Gasteiger partial charge in [0.15, 0.2) is 0 Å². The molecule has 5 atom stereocenters. The lowest BCUT2D eigenvalue weighted by Gasteiger charge is -2.26. The minimum Gasteiger partial charge on any atom is -0.463 e. The number of rotatable bonds is 4. The van der Waals surface area contributed by atoms with Crippen LogP contribution in [0.1, 0.15) is 34.1 Å². The maximum Gasteiger partial charge on any atom is 0.313 e. The third-order valence-electron chi connectivity index (χ3n) is 4.88. The fourth-order valence-electron chi connectivity index (χ4n) is 3.70. The number of fused-ring (bicyclic) bond motifs is 1. The van der Waals surface area contributed by atoms with Crippen LogP contribution >= 0.6 is 0 Å². The second kappa shape index (κ2) is 4.83. The van der Waals surface area contributed by atoms with Crippen LogP contribution in [0, 0.1) is 11.8 Å². The van der Waals surface area contributed by atoms with Crippen LogP contribution < -0.4 is 0 Å². The first-order valence-electron chi connectivity index (χ1n) is 7.77. The zero-order chi connectivity index (χ0) is 15.4. The highest BCUT2D eigenvalue weighted by atomic mass is 16.6. The molecule has 5 heteroatoms. The molecule has 116 valence electrons. The molecule has 0 saturated carbocycles. The van der Waals surface area contributed by atoms with Gasteiger partial charge in [-0.25, -0.2) is 0 Å². The highest BCUT2D eigenvalue weighted by Gasteiger charge is 2.67. The molecule has 5 nitrogen and oxygen atoms in total. The van der Waals surface area contributed by atoms with Gasteiger partial charge in [0.25, 0.3) is 0 Å². The van der Waals surface area contributed by atoms with Gasteiger partial charge in [-0.2, -0.15) is 0 Å². The van der Waals surface area contributed by atoms with Gasteiger partial charge in [0.05, 0.1) is 24.7 Å². The molecule has 1 amide bonds. The Hall–Kier alpha value is -1.36. The van der Waals surface area contributed by atoms with Crippen LogP contribution in [0.4, 0.5) is 0 Å². The van der Waals surface area contributed by atoms with Gasteiger partial charge in [0.1, 0.15) is 11.5 Å². The summed E-state index contributed by atoms with van der Waals surface area (Å²) in [5, 5.41) is 0. The van der Waals surface area contributed by atoms with Crippen molar-refractivity contribution in [2.24, 2.45) is 11.8 Å². The van der Waals surface area contributed by atoms with E-state index in [9.17, 15) is 9.59 Å². The molecule has 0 aromatic heterocycles. The van der Waals surface area contributed by atoms with Crippen LogP contribution in [0.2, 0.25) is 0 Å². The Morgan fingerprint density at radius 2 is 2.24 bits per heavy atom. The van der Waals surface area contributed by atoms with E-state index in [1.165, 1.54) is 0 Å². The maximum atomic E-state index is 12.8. The highest BCUT2D eigenvalue weighted by molar-refractivity contribution is 5.91. The second-order valence-electron chi connectivity index (χ2n) is 6.61. The van der Waals surface area contributed by atoms with Gasteiger partial charge in [0.2, 0.25) is 5.91 Å². The molecule has 3 aliphatic rings.